The van der Waals surface area contributed by atoms with Gasteiger partial charge < -0.3 is 89.9 Å². The Morgan fingerprint density at radius 2 is 0.695 bits per heavy atom. The number of ether oxygens (including phenoxy) is 6. The van der Waals surface area contributed by atoms with Crippen molar-refractivity contribution in [1.82, 2.24) is 5.32 Å². The van der Waals surface area contributed by atoms with Crippen molar-refractivity contribution in [3.63, 3.8) is 0 Å². The maximum absolute atomic E-state index is 13.5. The average Bonchev–Trinajstić information content (AvgIpc) is 0.787. The molecule has 0 saturated carbocycles. The molecule has 3 fully saturated rings. The van der Waals surface area contributed by atoms with Crippen molar-refractivity contribution in [1.29, 1.82) is 0 Å². The number of amides is 1. The highest BCUT2D eigenvalue weighted by Gasteiger charge is 2.53. The van der Waals surface area contributed by atoms with Gasteiger partial charge in [-0.3, -0.25) is 4.79 Å². The molecule has 3 saturated heterocycles. The van der Waals surface area contributed by atoms with Gasteiger partial charge >= 0.3 is 0 Å². The highest BCUT2D eigenvalue weighted by molar-refractivity contribution is 5.76. The van der Waals surface area contributed by atoms with Gasteiger partial charge in [0.15, 0.2) is 18.9 Å². The highest BCUT2D eigenvalue weighted by atomic mass is 16.8. The predicted molar refractivity (Wildman–Crippen MR) is 374 cm³/mol. The Morgan fingerprint density at radius 1 is 0.379 bits per heavy atom. The van der Waals surface area contributed by atoms with E-state index in [1.165, 1.54) is 231 Å². The number of unbranched alkanes of at least 4 members (excludes halogenated alkanes) is 41. The molecule has 95 heavy (non-hydrogen) atoms. The van der Waals surface area contributed by atoms with E-state index in [9.17, 15) is 61.0 Å². The zero-order chi connectivity index (χ0) is 68.9. The summed E-state index contributed by atoms with van der Waals surface area (Å²) in [5, 5.41) is 121. The molecular weight excluding hydrogens is 1210 g/mol. The van der Waals surface area contributed by atoms with Gasteiger partial charge in [-0.15, -0.1) is 0 Å². The zero-order valence-corrected chi connectivity index (χ0v) is 59.4. The Kier molecular flexibility index (Phi) is 52.9. The lowest BCUT2D eigenvalue weighted by Gasteiger charge is -2.48. The molecule has 17 atom stereocenters. The van der Waals surface area contributed by atoms with Gasteiger partial charge in [-0.25, -0.2) is 0 Å². The Bertz CT molecular complexity index is 1860. The summed E-state index contributed by atoms with van der Waals surface area (Å²) >= 11 is 0. The predicted octanol–water partition coefficient (Wildman–Crippen LogP) is 11.9. The zero-order valence-electron chi connectivity index (χ0n) is 59.4. The summed E-state index contributed by atoms with van der Waals surface area (Å²) in [5.74, 6) is -0.271. The van der Waals surface area contributed by atoms with Crippen molar-refractivity contribution in [2.75, 3.05) is 26.4 Å². The van der Waals surface area contributed by atoms with Crippen LogP contribution in [0.4, 0.5) is 0 Å². The molecule has 0 bridgehead atoms. The molecule has 3 aliphatic rings. The van der Waals surface area contributed by atoms with Crippen LogP contribution < -0.4 is 5.32 Å². The fourth-order valence-corrected chi connectivity index (χ4v) is 13.2. The smallest absolute Gasteiger partial charge is 0.220 e. The van der Waals surface area contributed by atoms with Crippen molar-refractivity contribution >= 4 is 5.91 Å². The first kappa shape index (κ1) is 87.2. The fourth-order valence-electron chi connectivity index (χ4n) is 13.2. The number of carbonyl (C=O) groups is 1. The third kappa shape index (κ3) is 38.6. The Balaban J connectivity index is 1.40. The lowest BCUT2D eigenvalue weighted by Crippen LogP contribution is -2.66. The topological polar surface area (TPSA) is 307 Å². The van der Waals surface area contributed by atoms with Crippen LogP contribution in [-0.2, 0) is 33.2 Å². The van der Waals surface area contributed by atoms with Crippen LogP contribution in [0.2, 0.25) is 0 Å². The number of aliphatic hydroxyl groups excluding tert-OH is 11. The highest BCUT2D eigenvalue weighted by Crippen LogP contribution is 2.33. The summed E-state index contributed by atoms with van der Waals surface area (Å²) in [6.07, 6.45) is 42.6. The third-order valence-corrected chi connectivity index (χ3v) is 19.4. The minimum absolute atomic E-state index is 0.245. The van der Waals surface area contributed by atoms with Gasteiger partial charge in [0.05, 0.1) is 38.6 Å². The number of hydrogen-bond donors (Lipinski definition) is 12. The standard InChI is InChI=1S/C76H141NO18/c1-3-5-7-9-11-13-15-17-19-21-23-25-27-28-29-30-32-34-36-38-40-42-44-46-48-50-52-54-64(82)77-59(60(81)53-51-49-47-45-43-41-39-37-35-33-31-26-24-22-20-18-16-14-12-10-8-6-4-2)58-90-74-70(88)67(85)72(62(56-79)92-74)95-76-71(89)68(86)73(63(57-80)93-76)94-75-69(87)66(84)65(83)61(55-78)91-75/h15,17,21,23,51,53,59-63,65-76,78-81,83-89H,3-14,16,18-20,22,24-50,52,54-58H2,1-2H3,(H,77,82)/b17-15-,23-21-,53-51+. The second-order valence-corrected chi connectivity index (χ2v) is 27.8. The number of aliphatic hydroxyl groups is 11. The summed E-state index contributed by atoms with van der Waals surface area (Å²) in [7, 11) is 0. The number of hydrogen-bond acceptors (Lipinski definition) is 18. The van der Waals surface area contributed by atoms with Crippen LogP contribution in [0.5, 0.6) is 0 Å². The van der Waals surface area contributed by atoms with Crippen LogP contribution in [0.1, 0.15) is 309 Å². The minimum Gasteiger partial charge on any atom is -0.394 e. The maximum atomic E-state index is 13.5. The molecule has 3 heterocycles. The SMILES string of the molecule is CCCCCCC/C=C\C/C=C\CCCCCCCCCCCCCCCCCC(=O)NC(COC1OC(CO)C(OC2OC(CO)C(OC3OC(CO)C(O)C(O)C3O)C(O)C2O)C(O)C1O)C(O)/C=C/CCCCCCCCCCCCCCCCCCCCCCC. The van der Waals surface area contributed by atoms with Crippen molar-refractivity contribution in [2.24, 2.45) is 0 Å². The first-order chi connectivity index (χ1) is 46.3. The van der Waals surface area contributed by atoms with Gasteiger partial charge in [-0.05, 0) is 51.4 Å². The molecule has 3 rings (SSSR count). The van der Waals surface area contributed by atoms with Crippen LogP contribution in [-0.4, -0.2) is 193 Å². The van der Waals surface area contributed by atoms with Gasteiger partial charge in [0.2, 0.25) is 5.91 Å². The number of carbonyl (C=O) groups excluding carboxylic acids is 1. The van der Waals surface area contributed by atoms with Crippen molar-refractivity contribution in [3.05, 3.63) is 36.5 Å². The Hall–Kier alpha value is -1.99. The number of allylic oxidation sites excluding steroid dienone is 5. The molecule has 0 aromatic heterocycles. The summed E-state index contributed by atoms with van der Waals surface area (Å²) < 4.78 is 34.4. The fraction of sp³-hybridized carbons (Fsp3) is 0.908. The summed E-state index contributed by atoms with van der Waals surface area (Å²) in [5.41, 5.74) is 0. The molecule has 0 aromatic carbocycles. The maximum Gasteiger partial charge on any atom is 0.220 e. The number of nitrogens with one attached hydrogen (secondary N) is 1. The van der Waals surface area contributed by atoms with Gasteiger partial charge in [0, 0.05) is 6.42 Å². The van der Waals surface area contributed by atoms with Crippen LogP contribution in [0.3, 0.4) is 0 Å². The van der Waals surface area contributed by atoms with E-state index in [4.69, 9.17) is 28.4 Å². The summed E-state index contributed by atoms with van der Waals surface area (Å²) in [6, 6.07) is -0.974. The largest absolute Gasteiger partial charge is 0.394 e. The van der Waals surface area contributed by atoms with Crippen molar-refractivity contribution in [2.45, 2.75) is 413 Å². The Labute approximate surface area is 574 Å². The Morgan fingerprint density at radius 3 is 1.07 bits per heavy atom. The van der Waals surface area contributed by atoms with Gasteiger partial charge in [-0.1, -0.05) is 288 Å². The van der Waals surface area contributed by atoms with E-state index < -0.39 is 124 Å². The van der Waals surface area contributed by atoms with Gasteiger partial charge in [0.25, 0.3) is 0 Å². The first-order valence-corrected chi connectivity index (χ1v) is 38.7. The van der Waals surface area contributed by atoms with Crippen LogP contribution in [0.15, 0.2) is 36.5 Å². The molecule has 3 aliphatic heterocycles. The van der Waals surface area contributed by atoms with E-state index in [1.807, 2.05) is 6.08 Å². The van der Waals surface area contributed by atoms with E-state index >= 15 is 0 Å². The van der Waals surface area contributed by atoms with E-state index in [2.05, 4.69) is 43.5 Å². The van der Waals surface area contributed by atoms with E-state index in [0.717, 1.165) is 51.4 Å². The van der Waals surface area contributed by atoms with E-state index in [1.54, 1.807) is 6.08 Å². The monoisotopic (exact) mass is 1360 g/mol. The molecular formula is C76H141NO18. The molecule has 1 amide bonds. The molecule has 17 unspecified atom stereocenters. The normalized spacial score (nSPS) is 27.4. The summed E-state index contributed by atoms with van der Waals surface area (Å²) in [4.78, 5) is 13.5. The molecule has 19 heteroatoms. The summed E-state index contributed by atoms with van der Waals surface area (Å²) in [6.45, 7) is 1.77. The average molecular weight is 1360 g/mol. The minimum atomic E-state index is -1.98. The first-order valence-electron chi connectivity index (χ1n) is 38.7. The second kappa shape index (κ2) is 57.6. The quantitative estimate of drug-likeness (QED) is 0.0199. The lowest BCUT2D eigenvalue weighted by molar-refractivity contribution is -0.379. The van der Waals surface area contributed by atoms with Crippen LogP contribution in [0.25, 0.3) is 0 Å². The molecule has 12 N–H and O–H groups in total. The van der Waals surface area contributed by atoms with Crippen molar-refractivity contribution in [3.8, 4) is 0 Å². The molecule has 0 spiro atoms. The molecule has 19 nitrogen and oxygen atoms in total. The van der Waals surface area contributed by atoms with Gasteiger partial charge in [0.1, 0.15) is 73.2 Å². The second-order valence-electron chi connectivity index (χ2n) is 27.8. The molecule has 558 valence electrons. The molecule has 0 aliphatic carbocycles. The van der Waals surface area contributed by atoms with E-state index in [0.29, 0.717) is 6.42 Å². The third-order valence-electron chi connectivity index (χ3n) is 19.4. The molecule has 0 aromatic rings. The number of rotatable bonds is 61. The van der Waals surface area contributed by atoms with Gasteiger partial charge in [-0.2, -0.15) is 0 Å². The molecule has 0 radical (unpaired) electrons. The lowest BCUT2D eigenvalue weighted by atomic mass is 9.96. The van der Waals surface area contributed by atoms with E-state index in [-0.39, 0.29) is 18.9 Å². The van der Waals surface area contributed by atoms with Crippen LogP contribution >= 0.6 is 0 Å². The van der Waals surface area contributed by atoms with Crippen molar-refractivity contribution < 1.29 is 89.4 Å². The van der Waals surface area contributed by atoms with Crippen LogP contribution in [0, 0.1) is 0 Å².